The minimum absolute atomic E-state index is 0.471. The average molecular weight is 210 g/mol. The Kier molecular flexibility index (Phi) is 2.68. The van der Waals surface area contributed by atoms with Crippen LogP contribution in [-0.4, -0.2) is 34.8 Å². The number of quaternary nitrogens is 1. The molecule has 86 valence electrons. The van der Waals surface area contributed by atoms with Crippen LogP contribution in [0.25, 0.3) is 0 Å². The molecule has 2 fully saturated rings. The zero-order valence-corrected chi connectivity index (χ0v) is 10.1. The molecule has 0 bridgehead atoms. The van der Waals surface area contributed by atoms with E-state index in [2.05, 4.69) is 20.4 Å². The Morgan fingerprint density at radius 2 is 2.07 bits per heavy atom. The second kappa shape index (κ2) is 3.60. The third-order valence-corrected chi connectivity index (χ3v) is 4.89. The minimum atomic E-state index is -0.537. The van der Waals surface area contributed by atoms with Gasteiger partial charge in [-0.2, -0.15) is 0 Å². The molecule has 2 heteroatoms. The number of hydrogen-bond donors (Lipinski definition) is 1. The van der Waals surface area contributed by atoms with Crippen molar-refractivity contribution >= 4 is 0 Å². The fourth-order valence-corrected chi connectivity index (χ4v) is 3.66. The molecular weight excluding hydrogens is 186 g/mol. The van der Waals surface area contributed by atoms with Crippen molar-refractivity contribution in [3.63, 3.8) is 0 Å². The zero-order chi connectivity index (χ0) is 11.1. The van der Waals surface area contributed by atoms with E-state index in [1.54, 1.807) is 0 Å². The summed E-state index contributed by atoms with van der Waals surface area (Å²) >= 11 is 0. The number of rotatable bonds is 2. The van der Waals surface area contributed by atoms with Crippen LogP contribution in [0.3, 0.4) is 0 Å². The van der Waals surface area contributed by atoms with Gasteiger partial charge in [-0.25, -0.2) is 0 Å². The van der Waals surface area contributed by atoms with Crippen LogP contribution in [0.5, 0.6) is 0 Å². The van der Waals surface area contributed by atoms with Gasteiger partial charge >= 0.3 is 0 Å². The van der Waals surface area contributed by atoms with Crippen molar-refractivity contribution in [2.24, 2.45) is 5.92 Å². The molecule has 0 aromatic carbocycles. The van der Waals surface area contributed by atoms with Crippen molar-refractivity contribution in [1.29, 1.82) is 0 Å². The van der Waals surface area contributed by atoms with Crippen molar-refractivity contribution in [3.8, 4) is 0 Å². The second-order valence-electron chi connectivity index (χ2n) is 5.27. The Hall–Kier alpha value is -0.340. The highest BCUT2D eigenvalue weighted by Gasteiger charge is 2.57. The van der Waals surface area contributed by atoms with E-state index in [1.165, 1.54) is 19.3 Å². The van der Waals surface area contributed by atoms with E-state index >= 15 is 0 Å². The molecule has 1 saturated heterocycles. The molecule has 1 saturated carbocycles. The van der Waals surface area contributed by atoms with Crippen molar-refractivity contribution < 1.29 is 9.59 Å². The highest BCUT2D eigenvalue weighted by atomic mass is 16.3. The average Bonchev–Trinajstić information content (AvgIpc) is 2.49. The van der Waals surface area contributed by atoms with E-state index < -0.39 is 5.60 Å². The summed E-state index contributed by atoms with van der Waals surface area (Å²) in [6, 6.07) is 0. The number of fused-ring (bicyclic) bond motifs is 1. The van der Waals surface area contributed by atoms with Crippen LogP contribution in [0.1, 0.15) is 39.5 Å². The van der Waals surface area contributed by atoms with Gasteiger partial charge in [-0.15, -0.1) is 0 Å². The Bertz CT molecular complexity index is 266. The first-order chi connectivity index (χ1) is 7.09. The lowest BCUT2D eigenvalue weighted by atomic mass is 9.76. The van der Waals surface area contributed by atoms with E-state index in [0.29, 0.717) is 5.92 Å². The van der Waals surface area contributed by atoms with Gasteiger partial charge in [0.05, 0.1) is 19.6 Å². The molecular formula is C13H24NO+. The van der Waals surface area contributed by atoms with Gasteiger partial charge in [0.25, 0.3) is 0 Å². The maximum atomic E-state index is 10.8. The maximum Gasteiger partial charge on any atom is 0.146 e. The van der Waals surface area contributed by atoms with E-state index in [9.17, 15) is 5.11 Å². The smallest absolute Gasteiger partial charge is 0.146 e. The lowest BCUT2D eigenvalue weighted by Gasteiger charge is -2.35. The maximum absolute atomic E-state index is 10.8. The third-order valence-electron chi connectivity index (χ3n) is 4.89. The standard InChI is InChI=1S/C13H24NO/c1-4-14(5-2)10-12-8-6-7-9-13(12,15)11(14)3/h12,15H,3-10H2,1-2H3/q+1/t12-,13+/m1/s1. The Labute approximate surface area is 93.2 Å². The van der Waals surface area contributed by atoms with Gasteiger partial charge in [0.15, 0.2) is 0 Å². The number of likely N-dealkylation sites (N-methyl/N-ethyl adjacent to an activating group) is 1. The minimum Gasteiger partial charge on any atom is -0.379 e. The quantitative estimate of drug-likeness (QED) is 0.693. The summed E-state index contributed by atoms with van der Waals surface area (Å²) in [5, 5.41) is 10.8. The summed E-state index contributed by atoms with van der Waals surface area (Å²) in [6.07, 6.45) is 4.58. The fraction of sp³-hybridized carbons (Fsp3) is 0.846. The van der Waals surface area contributed by atoms with E-state index in [1.807, 2.05) is 0 Å². The lowest BCUT2D eigenvalue weighted by molar-refractivity contribution is -0.882. The second-order valence-corrected chi connectivity index (χ2v) is 5.27. The van der Waals surface area contributed by atoms with Gasteiger partial charge in [0, 0.05) is 5.92 Å². The number of aliphatic hydroxyl groups is 1. The van der Waals surface area contributed by atoms with E-state index in [4.69, 9.17) is 0 Å². The Balaban J connectivity index is 2.32. The Morgan fingerprint density at radius 1 is 1.40 bits per heavy atom. The fourth-order valence-electron chi connectivity index (χ4n) is 3.66. The monoisotopic (exact) mass is 210 g/mol. The highest BCUT2D eigenvalue weighted by molar-refractivity contribution is 5.15. The summed E-state index contributed by atoms with van der Waals surface area (Å²) < 4.78 is 0.946. The van der Waals surface area contributed by atoms with Crippen LogP contribution in [0.2, 0.25) is 0 Å². The first-order valence-corrected chi connectivity index (χ1v) is 6.37. The van der Waals surface area contributed by atoms with Crippen LogP contribution >= 0.6 is 0 Å². The van der Waals surface area contributed by atoms with E-state index in [-0.39, 0.29) is 0 Å². The molecule has 15 heavy (non-hydrogen) atoms. The summed E-state index contributed by atoms with van der Waals surface area (Å²) in [4.78, 5) is 0. The van der Waals surface area contributed by atoms with Crippen molar-refractivity contribution in [1.82, 2.24) is 0 Å². The van der Waals surface area contributed by atoms with Crippen LogP contribution in [0.15, 0.2) is 12.3 Å². The molecule has 2 rings (SSSR count). The molecule has 0 radical (unpaired) electrons. The van der Waals surface area contributed by atoms with Gasteiger partial charge in [0.2, 0.25) is 0 Å². The van der Waals surface area contributed by atoms with Gasteiger partial charge < -0.3 is 5.11 Å². The molecule has 0 aromatic rings. The van der Waals surface area contributed by atoms with E-state index in [0.717, 1.165) is 36.2 Å². The molecule has 0 spiro atoms. The summed E-state index contributed by atoms with van der Waals surface area (Å²) in [5.41, 5.74) is 0.557. The zero-order valence-electron chi connectivity index (χ0n) is 10.1. The predicted octanol–water partition coefficient (Wildman–Crippen LogP) is 2.29. The summed E-state index contributed by atoms with van der Waals surface area (Å²) in [5.74, 6) is 0.471. The lowest BCUT2D eigenvalue weighted by Crippen LogP contribution is -2.46. The highest BCUT2D eigenvalue weighted by Crippen LogP contribution is 2.49. The molecule has 0 amide bonds. The molecule has 1 N–H and O–H groups in total. The molecule has 1 aliphatic carbocycles. The summed E-state index contributed by atoms with van der Waals surface area (Å²) in [7, 11) is 0. The van der Waals surface area contributed by atoms with Crippen molar-refractivity contribution in [3.05, 3.63) is 12.3 Å². The van der Waals surface area contributed by atoms with Gasteiger partial charge in [0.1, 0.15) is 11.3 Å². The molecule has 0 aromatic heterocycles. The molecule has 2 aliphatic rings. The SMILES string of the molecule is C=C1[C@@]2(O)CCCC[C@@H]2C[N+]1(CC)CC. The van der Waals surface area contributed by atoms with Crippen LogP contribution in [0.4, 0.5) is 0 Å². The van der Waals surface area contributed by atoms with Gasteiger partial charge in [-0.3, -0.25) is 4.48 Å². The topological polar surface area (TPSA) is 20.2 Å². The predicted molar refractivity (Wildman–Crippen MR) is 62.3 cm³/mol. The van der Waals surface area contributed by atoms with Crippen molar-refractivity contribution in [2.75, 3.05) is 19.6 Å². The molecule has 1 heterocycles. The largest absolute Gasteiger partial charge is 0.379 e. The number of nitrogens with zero attached hydrogens (tertiary/aromatic N) is 1. The molecule has 2 nitrogen and oxygen atoms in total. The van der Waals surface area contributed by atoms with Crippen LogP contribution in [-0.2, 0) is 0 Å². The molecule has 2 atom stereocenters. The van der Waals surface area contributed by atoms with Gasteiger partial charge in [-0.05, 0) is 39.7 Å². The summed E-state index contributed by atoms with van der Waals surface area (Å²) in [6.45, 7) is 11.9. The molecule has 0 unspecified atom stereocenters. The van der Waals surface area contributed by atoms with Crippen molar-refractivity contribution in [2.45, 2.75) is 45.1 Å². The third kappa shape index (κ3) is 1.38. The van der Waals surface area contributed by atoms with Crippen LogP contribution in [0, 0.1) is 5.92 Å². The van der Waals surface area contributed by atoms with Gasteiger partial charge in [-0.1, -0.05) is 6.42 Å². The first-order valence-electron chi connectivity index (χ1n) is 6.37. The molecule has 1 aliphatic heterocycles. The first kappa shape index (κ1) is 11.2. The number of hydrogen-bond acceptors (Lipinski definition) is 1. The number of likely N-dealkylation sites (tertiary alicyclic amines) is 1. The normalized spacial score (nSPS) is 39.1. The Morgan fingerprint density at radius 3 is 2.60 bits per heavy atom. The van der Waals surface area contributed by atoms with Crippen LogP contribution < -0.4 is 0 Å².